The summed E-state index contributed by atoms with van der Waals surface area (Å²) in [6.07, 6.45) is 2.90. The predicted molar refractivity (Wildman–Crippen MR) is 80.1 cm³/mol. The molecule has 3 rings (SSSR count). The van der Waals surface area contributed by atoms with Gasteiger partial charge in [-0.2, -0.15) is 0 Å². The van der Waals surface area contributed by atoms with Crippen LogP contribution in [0.4, 0.5) is 0 Å². The molecule has 0 saturated carbocycles. The summed E-state index contributed by atoms with van der Waals surface area (Å²) in [4.78, 5) is 7.40. The van der Waals surface area contributed by atoms with Crippen LogP contribution < -0.4 is 0 Å². The Labute approximate surface area is 117 Å². The van der Waals surface area contributed by atoms with E-state index in [1.807, 2.05) is 42.5 Å². The van der Waals surface area contributed by atoms with Crippen LogP contribution in [0, 0.1) is 0 Å². The van der Waals surface area contributed by atoms with Gasteiger partial charge >= 0.3 is 0 Å². The quantitative estimate of drug-likeness (QED) is 0.805. The van der Waals surface area contributed by atoms with Gasteiger partial charge in [0.25, 0.3) is 0 Å². The molecular formula is C15H14N2O2S. The van der Waals surface area contributed by atoms with E-state index < -0.39 is 9.84 Å². The van der Waals surface area contributed by atoms with E-state index in [1.165, 1.54) is 6.26 Å². The van der Waals surface area contributed by atoms with Gasteiger partial charge in [-0.3, -0.25) is 0 Å². The van der Waals surface area contributed by atoms with Crippen molar-refractivity contribution < 1.29 is 8.42 Å². The molecule has 5 heteroatoms. The van der Waals surface area contributed by atoms with Crippen molar-refractivity contribution in [3.63, 3.8) is 0 Å². The molecule has 0 aliphatic rings. The summed E-state index contributed by atoms with van der Waals surface area (Å²) < 4.78 is 23.2. The smallest absolute Gasteiger partial charge is 0.151 e. The van der Waals surface area contributed by atoms with Gasteiger partial charge in [-0.1, -0.05) is 36.4 Å². The molecule has 0 bridgehead atoms. The molecule has 20 heavy (non-hydrogen) atoms. The van der Waals surface area contributed by atoms with Crippen molar-refractivity contribution in [3.05, 3.63) is 54.4 Å². The molecule has 0 unspecified atom stereocenters. The fraction of sp³-hybridized carbons (Fsp3) is 0.133. The third kappa shape index (κ3) is 2.44. The lowest BCUT2D eigenvalue weighted by atomic mass is 9.99. The van der Waals surface area contributed by atoms with Gasteiger partial charge in [0.1, 0.15) is 0 Å². The largest absolute Gasteiger partial charge is 0.345 e. The van der Waals surface area contributed by atoms with Crippen molar-refractivity contribution in [1.82, 2.24) is 9.97 Å². The van der Waals surface area contributed by atoms with E-state index in [1.54, 1.807) is 6.33 Å². The zero-order valence-electron chi connectivity index (χ0n) is 11.0. The molecule has 1 N–H and O–H groups in total. The summed E-state index contributed by atoms with van der Waals surface area (Å²) >= 11 is 0. The van der Waals surface area contributed by atoms with Crippen LogP contribution in [-0.2, 0) is 15.6 Å². The van der Waals surface area contributed by atoms with Crippen molar-refractivity contribution in [3.8, 4) is 11.1 Å². The molecule has 0 radical (unpaired) electrons. The van der Waals surface area contributed by atoms with E-state index in [4.69, 9.17) is 0 Å². The SMILES string of the molecule is CS(=O)(=O)Cc1ccccc1-c1cccc2[nH]cnc12. The monoisotopic (exact) mass is 286 g/mol. The minimum atomic E-state index is -3.08. The van der Waals surface area contributed by atoms with Gasteiger partial charge in [0.15, 0.2) is 9.84 Å². The van der Waals surface area contributed by atoms with Crippen LogP contribution in [0.25, 0.3) is 22.2 Å². The van der Waals surface area contributed by atoms with Crippen LogP contribution in [0.3, 0.4) is 0 Å². The van der Waals surface area contributed by atoms with Crippen molar-refractivity contribution in [2.24, 2.45) is 0 Å². The molecule has 0 fully saturated rings. The van der Waals surface area contributed by atoms with E-state index in [0.717, 1.165) is 27.7 Å². The number of nitrogens with zero attached hydrogens (tertiary/aromatic N) is 1. The van der Waals surface area contributed by atoms with Crippen LogP contribution in [0.5, 0.6) is 0 Å². The molecule has 4 nitrogen and oxygen atoms in total. The molecule has 0 aliphatic carbocycles. The van der Waals surface area contributed by atoms with Crippen molar-refractivity contribution in [2.75, 3.05) is 6.26 Å². The molecule has 0 spiro atoms. The fourth-order valence-electron chi connectivity index (χ4n) is 2.37. The number of benzene rings is 2. The van der Waals surface area contributed by atoms with Crippen LogP contribution in [-0.4, -0.2) is 24.6 Å². The highest BCUT2D eigenvalue weighted by Crippen LogP contribution is 2.30. The summed E-state index contributed by atoms with van der Waals surface area (Å²) in [6, 6.07) is 13.4. The molecule has 0 atom stereocenters. The summed E-state index contributed by atoms with van der Waals surface area (Å²) in [5.41, 5.74) is 4.45. The molecule has 1 heterocycles. The van der Waals surface area contributed by atoms with Crippen LogP contribution in [0.2, 0.25) is 0 Å². The van der Waals surface area contributed by atoms with Gasteiger partial charge in [-0.25, -0.2) is 13.4 Å². The lowest BCUT2D eigenvalue weighted by Crippen LogP contribution is -2.02. The van der Waals surface area contributed by atoms with Gasteiger partial charge in [0.2, 0.25) is 0 Å². The van der Waals surface area contributed by atoms with Crippen LogP contribution in [0.1, 0.15) is 5.56 Å². The first kappa shape index (κ1) is 12.9. The van der Waals surface area contributed by atoms with Gasteiger partial charge in [0.05, 0.1) is 23.1 Å². The Balaban J connectivity index is 2.22. The van der Waals surface area contributed by atoms with Crippen molar-refractivity contribution in [1.29, 1.82) is 0 Å². The number of rotatable bonds is 3. The van der Waals surface area contributed by atoms with Gasteiger partial charge in [0, 0.05) is 11.8 Å². The average Bonchev–Trinajstić information content (AvgIpc) is 2.85. The number of aromatic amines is 1. The topological polar surface area (TPSA) is 62.8 Å². The number of nitrogens with one attached hydrogen (secondary N) is 1. The standard InChI is InChI=1S/C15H14N2O2S/c1-20(18,19)9-11-5-2-3-6-12(11)13-7-4-8-14-15(13)17-10-16-14/h2-8,10H,9H2,1H3,(H,16,17). The Morgan fingerprint density at radius 2 is 1.80 bits per heavy atom. The number of fused-ring (bicyclic) bond motifs is 1. The third-order valence-electron chi connectivity index (χ3n) is 3.17. The maximum Gasteiger partial charge on any atom is 0.151 e. The number of sulfone groups is 1. The van der Waals surface area contributed by atoms with E-state index in [9.17, 15) is 8.42 Å². The Bertz CT molecular complexity index is 866. The third-order valence-corrected chi connectivity index (χ3v) is 4.01. The van der Waals surface area contributed by atoms with Crippen LogP contribution in [0.15, 0.2) is 48.8 Å². The van der Waals surface area contributed by atoms with Gasteiger partial charge in [-0.05, 0) is 17.2 Å². The summed E-state index contributed by atoms with van der Waals surface area (Å²) in [5.74, 6) is 0.0317. The molecule has 1 aromatic heterocycles. The van der Waals surface area contributed by atoms with E-state index >= 15 is 0 Å². The second kappa shape index (κ2) is 4.76. The normalized spacial score (nSPS) is 11.8. The molecular weight excluding hydrogens is 272 g/mol. The highest BCUT2D eigenvalue weighted by Gasteiger charge is 2.13. The number of H-pyrrole nitrogens is 1. The molecule has 3 aromatic rings. The maximum absolute atomic E-state index is 11.6. The lowest BCUT2D eigenvalue weighted by molar-refractivity contribution is 0.601. The molecule has 0 saturated heterocycles. The van der Waals surface area contributed by atoms with Crippen molar-refractivity contribution in [2.45, 2.75) is 5.75 Å². The number of hydrogen-bond donors (Lipinski definition) is 1. The fourth-order valence-corrected chi connectivity index (χ4v) is 3.19. The molecule has 2 aromatic carbocycles. The highest BCUT2D eigenvalue weighted by atomic mass is 32.2. The summed E-state index contributed by atoms with van der Waals surface area (Å²) in [7, 11) is -3.08. The Morgan fingerprint density at radius 3 is 2.60 bits per heavy atom. The van der Waals surface area contributed by atoms with Crippen LogP contribution >= 0.6 is 0 Å². The summed E-state index contributed by atoms with van der Waals surface area (Å²) in [6.45, 7) is 0. The second-order valence-corrected chi connectivity index (χ2v) is 6.97. The summed E-state index contributed by atoms with van der Waals surface area (Å²) in [5, 5.41) is 0. The number of imidazole rings is 1. The van der Waals surface area contributed by atoms with Gasteiger partial charge < -0.3 is 4.98 Å². The second-order valence-electron chi connectivity index (χ2n) is 4.83. The Hall–Kier alpha value is -2.14. The molecule has 0 amide bonds. The molecule has 102 valence electrons. The zero-order valence-corrected chi connectivity index (χ0v) is 11.8. The first-order valence-corrected chi connectivity index (χ1v) is 8.29. The Morgan fingerprint density at radius 1 is 1.05 bits per heavy atom. The average molecular weight is 286 g/mol. The highest BCUT2D eigenvalue weighted by molar-refractivity contribution is 7.89. The minimum absolute atomic E-state index is 0.0317. The van der Waals surface area contributed by atoms with E-state index in [0.29, 0.717) is 0 Å². The van der Waals surface area contributed by atoms with E-state index in [2.05, 4.69) is 9.97 Å². The zero-order chi connectivity index (χ0) is 14.2. The van der Waals surface area contributed by atoms with Gasteiger partial charge in [-0.15, -0.1) is 0 Å². The van der Waals surface area contributed by atoms with Crippen molar-refractivity contribution >= 4 is 20.9 Å². The Kier molecular flexibility index (Phi) is 3.06. The molecule has 0 aliphatic heterocycles. The van der Waals surface area contributed by atoms with E-state index in [-0.39, 0.29) is 5.75 Å². The number of hydrogen-bond acceptors (Lipinski definition) is 3. The first-order chi connectivity index (χ1) is 9.54. The number of aromatic nitrogens is 2. The minimum Gasteiger partial charge on any atom is -0.345 e. The first-order valence-electron chi connectivity index (χ1n) is 6.23. The maximum atomic E-state index is 11.6. The number of para-hydroxylation sites is 1. The predicted octanol–water partition coefficient (Wildman–Crippen LogP) is 2.77. The lowest BCUT2D eigenvalue weighted by Gasteiger charge is -2.09.